The van der Waals surface area contributed by atoms with Crippen molar-refractivity contribution >= 4 is 17.3 Å². The van der Waals surface area contributed by atoms with Crippen LogP contribution in [-0.2, 0) is 11.3 Å². The molecule has 0 fully saturated rings. The first-order valence-corrected chi connectivity index (χ1v) is 7.49. The topological polar surface area (TPSA) is 86.8 Å². The van der Waals surface area contributed by atoms with Gasteiger partial charge in [-0.3, -0.25) is 9.36 Å². The average Bonchev–Trinajstić information content (AvgIpc) is 2.96. The lowest BCUT2D eigenvalue weighted by molar-refractivity contribution is -0.116. The van der Waals surface area contributed by atoms with Gasteiger partial charge in [-0.05, 0) is 45.0 Å². The summed E-state index contributed by atoms with van der Waals surface area (Å²) in [4.78, 5) is 14.3. The predicted octanol–water partition coefficient (Wildman–Crippen LogP) is 2.02. The van der Waals surface area contributed by atoms with Crippen LogP contribution >= 0.6 is 0 Å². The third-order valence-corrected chi connectivity index (χ3v) is 3.48. The van der Waals surface area contributed by atoms with E-state index in [1.165, 1.54) is 10.9 Å². The normalized spacial score (nSPS) is 10.4. The third kappa shape index (κ3) is 4.07. The Kier molecular flexibility index (Phi) is 5.31. The molecule has 23 heavy (non-hydrogen) atoms. The van der Waals surface area contributed by atoms with Gasteiger partial charge in [-0.15, -0.1) is 10.2 Å². The molecule has 1 aromatic heterocycles. The largest absolute Gasteiger partial charge is 0.369 e. The molecule has 1 aromatic carbocycles. The molecule has 7 nitrogen and oxygen atoms in total. The van der Waals surface area contributed by atoms with Crippen molar-refractivity contribution in [3.05, 3.63) is 36.4 Å². The van der Waals surface area contributed by atoms with Crippen molar-refractivity contribution in [1.29, 1.82) is 5.26 Å². The van der Waals surface area contributed by atoms with E-state index in [0.717, 1.165) is 12.2 Å². The van der Waals surface area contributed by atoms with Crippen molar-refractivity contribution in [3.63, 3.8) is 0 Å². The number of benzene rings is 1. The van der Waals surface area contributed by atoms with Crippen molar-refractivity contribution in [2.24, 2.45) is 0 Å². The lowest BCUT2D eigenvalue weighted by Crippen LogP contribution is -2.30. The number of hydrogen-bond acceptors (Lipinski definition) is 5. The van der Waals surface area contributed by atoms with Gasteiger partial charge in [0.25, 0.3) is 0 Å². The molecule has 7 heteroatoms. The molecule has 0 aliphatic heterocycles. The highest BCUT2D eigenvalue weighted by Gasteiger charge is 2.10. The van der Waals surface area contributed by atoms with Crippen LogP contribution in [0.5, 0.6) is 0 Å². The molecule has 1 amide bonds. The van der Waals surface area contributed by atoms with Crippen molar-refractivity contribution in [2.75, 3.05) is 16.8 Å². The van der Waals surface area contributed by atoms with Crippen LogP contribution < -0.4 is 10.2 Å². The predicted molar refractivity (Wildman–Crippen MR) is 88.0 cm³/mol. The molecular formula is C16H20N6O. The van der Waals surface area contributed by atoms with E-state index in [0.29, 0.717) is 11.7 Å². The number of anilines is 2. The minimum atomic E-state index is -0.231. The summed E-state index contributed by atoms with van der Waals surface area (Å²) in [5.74, 6) is -0.115. The number of rotatable bonds is 6. The summed E-state index contributed by atoms with van der Waals surface area (Å²) in [7, 11) is 0. The maximum absolute atomic E-state index is 12.0. The number of nitrogens with zero attached hydrogens (tertiary/aromatic N) is 5. The second-order valence-corrected chi connectivity index (χ2v) is 5.37. The SMILES string of the molecule is CCN(c1ccc(NC(=O)Cn2cnnc2C#N)cc1)C(C)C. The first-order chi connectivity index (χ1) is 11.0. The van der Waals surface area contributed by atoms with E-state index in [1.807, 2.05) is 30.3 Å². The lowest BCUT2D eigenvalue weighted by Gasteiger charge is -2.27. The summed E-state index contributed by atoms with van der Waals surface area (Å²) in [5.41, 5.74) is 1.83. The first-order valence-electron chi connectivity index (χ1n) is 7.49. The highest BCUT2D eigenvalue weighted by molar-refractivity contribution is 5.90. The van der Waals surface area contributed by atoms with Gasteiger partial charge in [0.2, 0.25) is 11.7 Å². The van der Waals surface area contributed by atoms with Gasteiger partial charge in [0.1, 0.15) is 18.9 Å². The van der Waals surface area contributed by atoms with Crippen LogP contribution in [-0.4, -0.2) is 33.3 Å². The molecule has 0 aliphatic rings. The van der Waals surface area contributed by atoms with Gasteiger partial charge in [0.15, 0.2) is 0 Å². The Morgan fingerprint density at radius 1 is 1.39 bits per heavy atom. The van der Waals surface area contributed by atoms with E-state index < -0.39 is 0 Å². The molecule has 1 heterocycles. The second kappa shape index (κ2) is 7.40. The second-order valence-electron chi connectivity index (χ2n) is 5.37. The molecule has 0 spiro atoms. The fourth-order valence-corrected chi connectivity index (χ4v) is 2.39. The number of carbonyl (C=O) groups is 1. The molecule has 2 rings (SSSR count). The highest BCUT2D eigenvalue weighted by atomic mass is 16.1. The molecule has 1 N–H and O–H groups in total. The summed E-state index contributed by atoms with van der Waals surface area (Å²) < 4.78 is 1.40. The van der Waals surface area contributed by atoms with Gasteiger partial charge in [-0.25, -0.2) is 0 Å². The van der Waals surface area contributed by atoms with Crippen molar-refractivity contribution in [3.8, 4) is 6.07 Å². The van der Waals surface area contributed by atoms with E-state index in [1.54, 1.807) is 0 Å². The Morgan fingerprint density at radius 3 is 2.65 bits per heavy atom. The minimum Gasteiger partial charge on any atom is -0.369 e. The molecule has 0 radical (unpaired) electrons. The maximum Gasteiger partial charge on any atom is 0.244 e. The Hall–Kier alpha value is -2.88. The van der Waals surface area contributed by atoms with Crippen molar-refractivity contribution < 1.29 is 4.79 Å². The summed E-state index contributed by atoms with van der Waals surface area (Å²) >= 11 is 0. The summed E-state index contributed by atoms with van der Waals surface area (Å²) in [6.07, 6.45) is 1.36. The fourth-order valence-electron chi connectivity index (χ4n) is 2.39. The number of hydrogen-bond donors (Lipinski definition) is 1. The number of amides is 1. The first kappa shape index (κ1) is 16.5. The van der Waals surface area contributed by atoms with Gasteiger partial charge < -0.3 is 10.2 Å². The molecule has 0 saturated carbocycles. The number of nitriles is 1. The Bertz CT molecular complexity index is 698. The maximum atomic E-state index is 12.0. The van der Waals surface area contributed by atoms with Crippen molar-refractivity contribution in [1.82, 2.24) is 14.8 Å². The number of nitrogens with one attached hydrogen (secondary N) is 1. The average molecular weight is 312 g/mol. The van der Waals surface area contributed by atoms with Crippen molar-refractivity contribution in [2.45, 2.75) is 33.4 Å². The number of aromatic nitrogens is 3. The highest BCUT2D eigenvalue weighted by Crippen LogP contribution is 2.19. The Balaban J connectivity index is 2.01. The molecule has 120 valence electrons. The molecular weight excluding hydrogens is 292 g/mol. The van der Waals surface area contributed by atoms with E-state index in [-0.39, 0.29) is 18.3 Å². The van der Waals surface area contributed by atoms with E-state index in [2.05, 4.69) is 41.2 Å². The Morgan fingerprint density at radius 2 is 2.09 bits per heavy atom. The van der Waals surface area contributed by atoms with Gasteiger partial charge in [-0.1, -0.05) is 0 Å². The van der Waals surface area contributed by atoms with E-state index >= 15 is 0 Å². The minimum absolute atomic E-state index is 0.00469. The fraction of sp³-hybridized carbons (Fsp3) is 0.375. The summed E-state index contributed by atoms with van der Waals surface area (Å²) in [6.45, 7) is 7.33. The van der Waals surface area contributed by atoms with E-state index in [9.17, 15) is 4.79 Å². The van der Waals surface area contributed by atoms with Gasteiger partial charge in [0.05, 0.1) is 0 Å². The van der Waals surface area contributed by atoms with Crippen LogP contribution in [0.15, 0.2) is 30.6 Å². The van der Waals surface area contributed by atoms with Crippen LogP contribution in [0.4, 0.5) is 11.4 Å². The van der Waals surface area contributed by atoms with Crippen LogP contribution in [0, 0.1) is 11.3 Å². The quantitative estimate of drug-likeness (QED) is 0.882. The summed E-state index contributed by atoms with van der Waals surface area (Å²) in [5, 5.41) is 18.9. The zero-order chi connectivity index (χ0) is 16.8. The van der Waals surface area contributed by atoms with Gasteiger partial charge in [-0.2, -0.15) is 5.26 Å². The molecule has 0 atom stereocenters. The smallest absolute Gasteiger partial charge is 0.244 e. The van der Waals surface area contributed by atoms with Gasteiger partial charge in [0, 0.05) is 24.0 Å². The van der Waals surface area contributed by atoms with Crippen LogP contribution in [0.3, 0.4) is 0 Å². The van der Waals surface area contributed by atoms with Crippen LogP contribution in [0.2, 0.25) is 0 Å². The number of carbonyl (C=O) groups excluding carboxylic acids is 1. The van der Waals surface area contributed by atoms with Crippen LogP contribution in [0.25, 0.3) is 0 Å². The molecule has 0 unspecified atom stereocenters. The van der Waals surface area contributed by atoms with Gasteiger partial charge >= 0.3 is 0 Å². The third-order valence-electron chi connectivity index (χ3n) is 3.48. The lowest BCUT2D eigenvalue weighted by atomic mass is 10.2. The summed E-state index contributed by atoms with van der Waals surface area (Å²) in [6, 6.07) is 10.0. The molecule has 0 aliphatic carbocycles. The Labute approximate surface area is 135 Å². The molecule has 0 bridgehead atoms. The monoisotopic (exact) mass is 312 g/mol. The molecule has 2 aromatic rings. The van der Waals surface area contributed by atoms with E-state index in [4.69, 9.17) is 5.26 Å². The zero-order valence-electron chi connectivity index (χ0n) is 13.5. The zero-order valence-corrected chi connectivity index (χ0v) is 13.5. The molecule has 0 saturated heterocycles. The standard InChI is InChI=1S/C16H20N6O/c1-4-22(12(2)3)14-7-5-13(6-8-14)19-16(23)10-21-11-18-20-15(21)9-17/h5-8,11-12H,4,10H2,1-3H3,(H,19,23). The van der Waals surface area contributed by atoms with Crippen LogP contribution in [0.1, 0.15) is 26.6 Å².